The summed E-state index contributed by atoms with van der Waals surface area (Å²) in [6.07, 6.45) is 4.42. The maximum atomic E-state index is 6.26. The van der Waals surface area contributed by atoms with Crippen LogP contribution in [0.4, 0.5) is 0 Å². The summed E-state index contributed by atoms with van der Waals surface area (Å²) in [5.74, 6) is 0.899. The molecule has 2 heterocycles. The molecule has 1 aliphatic rings. The lowest BCUT2D eigenvalue weighted by atomic mass is 10.00. The Kier molecular flexibility index (Phi) is 2.78. The van der Waals surface area contributed by atoms with Crippen molar-refractivity contribution in [3.63, 3.8) is 0 Å². The molecular formula is C15H19N2O. The number of nitrogens with zero attached hydrogens (tertiary/aromatic N) is 1. The first-order valence-corrected chi connectivity index (χ1v) is 6.50. The molecule has 2 aromatic rings. The molecule has 2 N–H and O–H groups in total. The van der Waals surface area contributed by atoms with Crippen molar-refractivity contribution in [2.45, 2.75) is 32.4 Å². The van der Waals surface area contributed by atoms with E-state index in [9.17, 15) is 0 Å². The highest BCUT2D eigenvalue weighted by Gasteiger charge is 2.24. The minimum absolute atomic E-state index is 0.00829. The fraction of sp³-hybridized carbons (Fsp3) is 0.400. The monoisotopic (exact) mass is 243 g/mol. The number of rotatable bonds is 3. The van der Waals surface area contributed by atoms with Crippen molar-refractivity contribution in [1.29, 1.82) is 0 Å². The molecule has 1 aliphatic heterocycles. The fourth-order valence-corrected chi connectivity index (χ4v) is 3.01. The molecule has 0 aliphatic carbocycles. The van der Waals surface area contributed by atoms with Crippen LogP contribution < -0.4 is 10.5 Å². The summed E-state index contributed by atoms with van der Waals surface area (Å²) in [7, 11) is 1.70. The van der Waals surface area contributed by atoms with Crippen molar-refractivity contribution >= 4 is 10.9 Å². The molecule has 3 nitrogen and oxygen atoms in total. The van der Waals surface area contributed by atoms with Gasteiger partial charge in [0.05, 0.1) is 7.11 Å². The average molecular weight is 243 g/mol. The molecule has 0 amide bonds. The number of aromatic nitrogens is 1. The summed E-state index contributed by atoms with van der Waals surface area (Å²) in [6, 6.07) is 6.29. The van der Waals surface area contributed by atoms with Gasteiger partial charge in [-0.2, -0.15) is 0 Å². The predicted molar refractivity (Wildman–Crippen MR) is 73.7 cm³/mol. The van der Waals surface area contributed by atoms with Crippen molar-refractivity contribution in [1.82, 2.24) is 4.57 Å². The third-order valence-corrected chi connectivity index (χ3v) is 3.91. The maximum absolute atomic E-state index is 6.26. The summed E-state index contributed by atoms with van der Waals surface area (Å²) >= 11 is 0. The highest BCUT2D eigenvalue weighted by atomic mass is 16.5. The normalized spacial score (nSPS) is 15.9. The maximum Gasteiger partial charge on any atom is 0.119 e. The Morgan fingerprint density at radius 2 is 2.28 bits per heavy atom. The molecule has 0 fully saturated rings. The van der Waals surface area contributed by atoms with Crippen LogP contribution in [0.15, 0.2) is 18.2 Å². The summed E-state index contributed by atoms with van der Waals surface area (Å²) in [5, 5.41) is 1.25. The van der Waals surface area contributed by atoms with Gasteiger partial charge in [-0.3, -0.25) is 0 Å². The van der Waals surface area contributed by atoms with Crippen LogP contribution in [0.1, 0.15) is 30.6 Å². The van der Waals surface area contributed by atoms with Crippen LogP contribution in [0.3, 0.4) is 0 Å². The van der Waals surface area contributed by atoms with E-state index in [1.165, 1.54) is 28.6 Å². The van der Waals surface area contributed by atoms with E-state index in [0.29, 0.717) is 0 Å². The average Bonchev–Trinajstić information content (AvgIpc) is 2.97. The zero-order chi connectivity index (χ0) is 12.7. The molecule has 3 rings (SSSR count). The number of methoxy groups -OCH3 is 1. The van der Waals surface area contributed by atoms with Crippen molar-refractivity contribution in [2.24, 2.45) is 5.73 Å². The molecule has 1 atom stereocenters. The Labute approximate surface area is 108 Å². The van der Waals surface area contributed by atoms with Gasteiger partial charge in [0.1, 0.15) is 5.75 Å². The summed E-state index contributed by atoms with van der Waals surface area (Å²) < 4.78 is 7.74. The molecule has 0 spiro atoms. The Morgan fingerprint density at radius 3 is 3.00 bits per heavy atom. The Balaban J connectivity index is 2.29. The third-order valence-electron chi connectivity index (χ3n) is 3.91. The van der Waals surface area contributed by atoms with Crippen LogP contribution in [0.5, 0.6) is 5.75 Å². The van der Waals surface area contributed by atoms with E-state index in [2.05, 4.69) is 23.1 Å². The largest absolute Gasteiger partial charge is 0.497 e. The molecule has 18 heavy (non-hydrogen) atoms. The molecule has 1 aromatic heterocycles. The van der Waals surface area contributed by atoms with Gasteiger partial charge in [0.25, 0.3) is 0 Å². The second-order valence-corrected chi connectivity index (χ2v) is 4.86. The zero-order valence-electron chi connectivity index (χ0n) is 10.9. The molecule has 0 bridgehead atoms. The lowest BCUT2D eigenvalue weighted by Crippen LogP contribution is -2.11. The summed E-state index contributed by atoms with van der Waals surface area (Å²) in [6.45, 7) is 3.13. The molecule has 95 valence electrons. The third kappa shape index (κ3) is 1.54. The topological polar surface area (TPSA) is 40.2 Å². The van der Waals surface area contributed by atoms with Gasteiger partial charge < -0.3 is 15.0 Å². The summed E-state index contributed by atoms with van der Waals surface area (Å²) in [4.78, 5) is 0. The number of fused-ring (bicyclic) bond motifs is 3. The number of nitrogens with two attached hydrogens (primary N) is 1. The van der Waals surface area contributed by atoms with Crippen LogP contribution in [0.2, 0.25) is 0 Å². The van der Waals surface area contributed by atoms with Crippen molar-refractivity contribution in [3.8, 4) is 5.75 Å². The molecular weight excluding hydrogens is 224 g/mol. The van der Waals surface area contributed by atoms with Gasteiger partial charge in [0, 0.05) is 29.2 Å². The van der Waals surface area contributed by atoms with Crippen molar-refractivity contribution < 1.29 is 4.74 Å². The molecule has 1 radical (unpaired) electrons. The van der Waals surface area contributed by atoms with Crippen LogP contribution >= 0.6 is 0 Å². The molecule has 3 heteroatoms. The zero-order valence-corrected chi connectivity index (χ0v) is 10.9. The lowest BCUT2D eigenvalue weighted by molar-refractivity contribution is 0.415. The van der Waals surface area contributed by atoms with Gasteiger partial charge in [-0.1, -0.05) is 6.92 Å². The number of ether oxygens (including phenoxy) is 1. The highest BCUT2D eigenvalue weighted by molar-refractivity contribution is 5.88. The SMILES string of the molecule is C[CH][C@H](N)c1c2n(c3ccc(OC)cc13)CCC2. The predicted octanol–water partition coefficient (Wildman–Crippen LogP) is 2.82. The second kappa shape index (κ2) is 4.32. The first-order chi connectivity index (χ1) is 8.76. The van der Waals surface area contributed by atoms with E-state index in [1.807, 2.05) is 13.0 Å². The van der Waals surface area contributed by atoms with Crippen LogP contribution in [-0.2, 0) is 13.0 Å². The smallest absolute Gasteiger partial charge is 0.119 e. The quantitative estimate of drug-likeness (QED) is 0.900. The standard InChI is InChI=1S/C15H19N2O/c1-3-12(16)15-11-9-10(18-2)6-7-13(11)17-8-4-5-14(15)17/h3,6-7,9,12H,4-5,8,16H2,1-2H3/t12-/m0/s1. The molecule has 0 saturated heterocycles. The van der Waals surface area contributed by atoms with Gasteiger partial charge in [0.2, 0.25) is 0 Å². The number of aryl methyl sites for hydroxylation is 1. The van der Waals surface area contributed by atoms with Crippen molar-refractivity contribution in [2.75, 3.05) is 7.11 Å². The number of hydrogen-bond donors (Lipinski definition) is 1. The second-order valence-electron chi connectivity index (χ2n) is 4.86. The van der Waals surface area contributed by atoms with Gasteiger partial charge >= 0.3 is 0 Å². The molecule has 0 saturated carbocycles. The Bertz CT molecular complexity index is 586. The van der Waals surface area contributed by atoms with E-state index in [4.69, 9.17) is 10.5 Å². The van der Waals surface area contributed by atoms with E-state index >= 15 is 0 Å². The minimum Gasteiger partial charge on any atom is -0.497 e. The summed E-state index contributed by atoms with van der Waals surface area (Å²) in [5.41, 5.74) is 10.2. The van der Waals surface area contributed by atoms with Crippen LogP contribution in [0, 0.1) is 6.42 Å². The van der Waals surface area contributed by atoms with Crippen molar-refractivity contribution in [3.05, 3.63) is 35.9 Å². The molecule has 0 unspecified atom stereocenters. The van der Waals surface area contributed by atoms with Crippen LogP contribution in [-0.4, -0.2) is 11.7 Å². The van der Waals surface area contributed by atoms with Crippen LogP contribution in [0.25, 0.3) is 10.9 Å². The number of benzene rings is 1. The van der Waals surface area contributed by atoms with E-state index in [0.717, 1.165) is 18.7 Å². The van der Waals surface area contributed by atoms with E-state index < -0.39 is 0 Å². The number of hydrogen-bond acceptors (Lipinski definition) is 2. The Hall–Kier alpha value is -1.48. The van der Waals surface area contributed by atoms with Gasteiger partial charge in [0.15, 0.2) is 0 Å². The van der Waals surface area contributed by atoms with E-state index in [1.54, 1.807) is 7.11 Å². The molecule has 1 aromatic carbocycles. The first kappa shape index (κ1) is 11.6. The van der Waals surface area contributed by atoms with Gasteiger partial charge in [-0.25, -0.2) is 0 Å². The Morgan fingerprint density at radius 1 is 1.44 bits per heavy atom. The minimum atomic E-state index is 0.00829. The first-order valence-electron chi connectivity index (χ1n) is 6.50. The van der Waals surface area contributed by atoms with E-state index in [-0.39, 0.29) is 6.04 Å². The lowest BCUT2D eigenvalue weighted by Gasteiger charge is -2.10. The van der Waals surface area contributed by atoms with Gasteiger partial charge in [-0.05, 0) is 43.0 Å². The van der Waals surface area contributed by atoms with Gasteiger partial charge in [-0.15, -0.1) is 0 Å². The fourth-order valence-electron chi connectivity index (χ4n) is 3.01. The highest BCUT2D eigenvalue weighted by Crippen LogP contribution is 2.36.